The first-order valence-corrected chi connectivity index (χ1v) is 11.6. The van der Waals surface area contributed by atoms with Crippen LogP contribution in [0.25, 0.3) is 0 Å². The van der Waals surface area contributed by atoms with Crippen molar-refractivity contribution in [3.05, 3.63) is 12.4 Å². The molecule has 1 saturated carbocycles. The molecule has 10 heteroatoms. The van der Waals surface area contributed by atoms with Gasteiger partial charge in [0.25, 0.3) is 0 Å². The second kappa shape index (κ2) is 8.93. The number of hydrogen-bond acceptors (Lipinski definition) is 6. The van der Waals surface area contributed by atoms with Gasteiger partial charge in [-0.25, -0.2) is 13.2 Å². The van der Waals surface area contributed by atoms with Crippen molar-refractivity contribution in [1.29, 1.82) is 0 Å². The van der Waals surface area contributed by atoms with Crippen LogP contribution in [0.1, 0.15) is 45.1 Å². The Hall–Kier alpha value is -2.10. The van der Waals surface area contributed by atoms with E-state index in [1.165, 1.54) is 17.7 Å². The number of amides is 3. The lowest BCUT2D eigenvalue weighted by Crippen LogP contribution is -2.29. The highest BCUT2D eigenvalue weighted by molar-refractivity contribution is 7.91. The average molecular weight is 413 g/mol. The zero-order valence-corrected chi connectivity index (χ0v) is 17.0. The molecule has 0 aromatic carbocycles. The molecule has 1 aliphatic heterocycles. The monoisotopic (exact) mass is 412 g/mol. The van der Waals surface area contributed by atoms with E-state index < -0.39 is 9.84 Å². The summed E-state index contributed by atoms with van der Waals surface area (Å²) in [5.41, 5.74) is 0. The Morgan fingerprint density at radius 3 is 2.75 bits per heavy atom. The standard InChI is InChI=1S/C18H28N4O5S/c1-14(22-10-16(9-19-22)27-12-15-5-6-15)13-28(25,26)8-4-2-3-7-21-11-17(23)20-18(21)24/h9-10,14-15H,2-8,11-13H2,1H3,(H,20,23,24). The minimum atomic E-state index is -3.20. The SMILES string of the molecule is CC(CS(=O)(=O)CCCCCN1CC(=O)NC1=O)n1cc(OCC2CC2)cn1. The molecule has 2 fully saturated rings. The lowest BCUT2D eigenvalue weighted by atomic mass is 10.2. The lowest BCUT2D eigenvalue weighted by molar-refractivity contribution is -0.118. The van der Waals surface area contributed by atoms with Crippen LogP contribution in [0, 0.1) is 5.92 Å². The number of carbonyl (C=O) groups is 2. The predicted octanol–water partition coefficient (Wildman–Crippen LogP) is 1.37. The smallest absolute Gasteiger partial charge is 0.324 e. The molecule has 3 rings (SSSR count). The van der Waals surface area contributed by atoms with Crippen LogP contribution in [-0.4, -0.2) is 66.2 Å². The molecule has 1 atom stereocenters. The van der Waals surface area contributed by atoms with E-state index in [4.69, 9.17) is 4.74 Å². The van der Waals surface area contributed by atoms with Crippen molar-refractivity contribution in [2.75, 3.05) is 31.2 Å². The molecule has 0 bridgehead atoms. The number of aromatic nitrogens is 2. The van der Waals surface area contributed by atoms with Crippen LogP contribution < -0.4 is 10.1 Å². The molecule has 2 aliphatic rings. The largest absolute Gasteiger partial charge is 0.490 e. The van der Waals surface area contributed by atoms with Crippen molar-refractivity contribution in [2.45, 2.75) is 45.1 Å². The molecule has 1 N–H and O–H groups in total. The fraction of sp³-hybridized carbons (Fsp3) is 0.722. The molecule has 3 amide bonds. The van der Waals surface area contributed by atoms with Gasteiger partial charge in [0.2, 0.25) is 5.91 Å². The first-order chi connectivity index (χ1) is 13.3. The minimum absolute atomic E-state index is 0.0276. The third-order valence-electron chi connectivity index (χ3n) is 4.96. The molecule has 0 spiro atoms. The van der Waals surface area contributed by atoms with E-state index in [0.717, 1.165) is 0 Å². The summed E-state index contributed by atoms with van der Waals surface area (Å²) in [6.07, 6.45) is 7.71. The van der Waals surface area contributed by atoms with Gasteiger partial charge in [0.15, 0.2) is 15.6 Å². The molecule has 28 heavy (non-hydrogen) atoms. The van der Waals surface area contributed by atoms with E-state index in [1.54, 1.807) is 17.1 Å². The van der Waals surface area contributed by atoms with Gasteiger partial charge in [-0.1, -0.05) is 6.42 Å². The van der Waals surface area contributed by atoms with Gasteiger partial charge in [0.05, 0.1) is 36.5 Å². The summed E-state index contributed by atoms with van der Waals surface area (Å²) < 4.78 is 32.0. The van der Waals surface area contributed by atoms with E-state index in [9.17, 15) is 18.0 Å². The summed E-state index contributed by atoms with van der Waals surface area (Å²) in [6.45, 7) is 3.08. The number of rotatable bonds is 12. The summed E-state index contributed by atoms with van der Waals surface area (Å²) in [6, 6.07) is -0.631. The van der Waals surface area contributed by atoms with Crippen LogP contribution >= 0.6 is 0 Å². The third-order valence-corrected chi connectivity index (χ3v) is 6.86. The van der Waals surface area contributed by atoms with Crippen LogP contribution in [-0.2, 0) is 14.6 Å². The van der Waals surface area contributed by atoms with Gasteiger partial charge in [-0.15, -0.1) is 0 Å². The molecule has 1 saturated heterocycles. The highest BCUT2D eigenvalue weighted by atomic mass is 32.2. The van der Waals surface area contributed by atoms with Gasteiger partial charge in [-0.2, -0.15) is 5.10 Å². The first kappa shape index (κ1) is 20.6. The zero-order valence-electron chi connectivity index (χ0n) is 16.2. The maximum atomic E-state index is 12.4. The molecule has 0 radical (unpaired) electrons. The summed E-state index contributed by atoms with van der Waals surface area (Å²) in [5, 5.41) is 6.44. The highest BCUT2D eigenvalue weighted by Gasteiger charge is 2.26. The average Bonchev–Trinajstić information content (AvgIpc) is 3.23. The van der Waals surface area contributed by atoms with E-state index in [-0.39, 0.29) is 36.0 Å². The zero-order chi connectivity index (χ0) is 20.1. The van der Waals surface area contributed by atoms with Crippen molar-refractivity contribution in [3.8, 4) is 5.75 Å². The van der Waals surface area contributed by atoms with Gasteiger partial charge in [0.1, 0.15) is 6.54 Å². The van der Waals surface area contributed by atoms with E-state index in [1.807, 2.05) is 6.92 Å². The topological polar surface area (TPSA) is 111 Å². The number of urea groups is 1. The van der Waals surface area contributed by atoms with Gasteiger partial charge >= 0.3 is 6.03 Å². The van der Waals surface area contributed by atoms with Gasteiger partial charge in [0, 0.05) is 6.54 Å². The maximum absolute atomic E-state index is 12.4. The van der Waals surface area contributed by atoms with E-state index in [0.29, 0.717) is 44.1 Å². The van der Waals surface area contributed by atoms with Crippen molar-refractivity contribution in [1.82, 2.24) is 20.0 Å². The van der Waals surface area contributed by atoms with E-state index in [2.05, 4.69) is 10.4 Å². The molecule has 1 aliphatic carbocycles. The fourth-order valence-electron chi connectivity index (χ4n) is 3.13. The number of ether oxygens (including phenoxy) is 1. The van der Waals surface area contributed by atoms with Gasteiger partial charge < -0.3 is 9.64 Å². The Labute approximate surface area is 165 Å². The van der Waals surface area contributed by atoms with Crippen LogP contribution in [0.4, 0.5) is 4.79 Å². The fourth-order valence-corrected chi connectivity index (χ4v) is 4.83. The van der Waals surface area contributed by atoms with Crippen LogP contribution in [0.5, 0.6) is 5.75 Å². The molecule has 2 heterocycles. The number of unbranched alkanes of at least 4 members (excludes halogenated alkanes) is 2. The Morgan fingerprint density at radius 2 is 2.07 bits per heavy atom. The normalized spacial score (nSPS) is 18.4. The molecular weight excluding hydrogens is 384 g/mol. The molecule has 156 valence electrons. The number of carbonyl (C=O) groups excluding carboxylic acids is 2. The quantitative estimate of drug-likeness (QED) is 0.410. The lowest BCUT2D eigenvalue weighted by Gasteiger charge is -2.14. The molecule has 1 unspecified atom stereocenters. The van der Waals surface area contributed by atoms with Gasteiger partial charge in [-0.3, -0.25) is 14.8 Å². The van der Waals surface area contributed by atoms with Crippen molar-refractivity contribution in [2.24, 2.45) is 5.92 Å². The highest BCUT2D eigenvalue weighted by Crippen LogP contribution is 2.29. The summed E-state index contributed by atoms with van der Waals surface area (Å²) in [5.74, 6) is 1.18. The maximum Gasteiger partial charge on any atom is 0.324 e. The van der Waals surface area contributed by atoms with E-state index >= 15 is 0 Å². The second-order valence-corrected chi connectivity index (χ2v) is 9.94. The number of imide groups is 1. The second-order valence-electron chi connectivity index (χ2n) is 7.71. The summed E-state index contributed by atoms with van der Waals surface area (Å²) in [4.78, 5) is 24.0. The number of nitrogens with zero attached hydrogens (tertiary/aromatic N) is 3. The number of sulfone groups is 1. The summed E-state index contributed by atoms with van der Waals surface area (Å²) in [7, 11) is -3.20. The Balaban J connectivity index is 1.34. The third kappa shape index (κ3) is 6.22. The number of nitrogens with one attached hydrogen (secondary N) is 1. The van der Waals surface area contributed by atoms with Crippen molar-refractivity contribution < 1.29 is 22.7 Å². The Bertz CT molecular complexity index is 803. The van der Waals surface area contributed by atoms with Crippen LogP contribution in [0.2, 0.25) is 0 Å². The molecule has 1 aromatic rings. The van der Waals surface area contributed by atoms with Crippen LogP contribution in [0.3, 0.4) is 0 Å². The molecular formula is C18H28N4O5S. The Kier molecular flexibility index (Phi) is 6.58. The molecule has 9 nitrogen and oxygen atoms in total. The molecule has 1 aromatic heterocycles. The first-order valence-electron chi connectivity index (χ1n) is 9.78. The summed E-state index contributed by atoms with van der Waals surface area (Å²) >= 11 is 0. The Morgan fingerprint density at radius 1 is 1.29 bits per heavy atom. The number of hydrogen-bond donors (Lipinski definition) is 1. The van der Waals surface area contributed by atoms with Crippen molar-refractivity contribution >= 4 is 21.8 Å². The van der Waals surface area contributed by atoms with Crippen molar-refractivity contribution in [3.63, 3.8) is 0 Å². The minimum Gasteiger partial charge on any atom is -0.490 e. The predicted molar refractivity (Wildman–Crippen MR) is 103 cm³/mol. The van der Waals surface area contributed by atoms with Crippen LogP contribution in [0.15, 0.2) is 12.4 Å². The van der Waals surface area contributed by atoms with Gasteiger partial charge in [-0.05, 0) is 38.5 Å².